The Morgan fingerprint density at radius 1 is 1.09 bits per heavy atom. The van der Waals surface area contributed by atoms with E-state index in [2.05, 4.69) is 16.7 Å². The molecular weight excluding hydrogens is 310 g/mol. The van der Waals surface area contributed by atoms with E-state index in [9.17, 15) is 5.11 Å². The van der Waals surface area contributed by atoms with E-state index >= 15 is 0 Å². The number of phenols is 1. The molecule has 0 aliphatic carbocycles. The maximum Gasteiger partial charge on any atom is 0.121 e. The third kappa shape index (κ3) is 4.05. The molecule has 0 amide bonds. The Morgan fingerprint density at radius 2 is 1.83 bits per heavy atom. The second kappa shape index (κ2) is 7.52. The largest absolute Gasteiger partial charge is 0.508 e. The highest BCUT2D eigenvalue weighted by molar-refractivity contribution is 6.30. The average Bonchev–Trinajstić information content (AvgIpc) is 2.60. The summed E-state index contributed by atoms with van der Waals surface area (Å²) in [7, 11) is 0. The first kappa shape index (κ1) is 15.9. The van der Waals surface area contributed by atoms with Crippen LogP contribution in [-0.4, -0.2) is 36.3 Å². The number of nitrogens with zero attached hydrogens (tertiary/aromatic N) is 1. The summed E-state index contributed by atoms with van der Waals surface area (Å²) >= 11 is 6.11. The first-order chi connectivity index (χ1) is 11.2. The van der Waals surface area contributed by atoms with Crippen LogP contribution >= 0.6 is 11.6 Å². The van der Waals surface area contributed by atoms with Crippen LogP contribution in [0.25, 0.3) is 0 Å². The average molecular weight is 328 g/mol. The van der Waals surface area contributed by atoms with Gasteiger partial charge in [0.15, 0.2) is 0 Å². The van der Waals surface area contributed by atoms with Crippen molar-refractivity contribution in [3.8, 4) is 17.6 Å². The van der Waals surface area contributed by atoms with Crippen LogP contribution in [0.1, 0.15) is 17.2 Å². The fourth-order valence-electron chi connectivity index (χ4n) is 2.62. The highest BCUT2D eigenvalue weighted by atomic mass is 35.5. The van der Waals surface area contributed by atoms with Crippen molar-refractivity contribution in [1.82, 2.24) is 4.90 Å². The van der Waals surface area contributed by atoms with Gasteiger partial charge >= 0.3 is 0 Å². The third-order valence-corrected chi connectivity index (χ3v) is 4.06. The molecule has 0 aromatic heterocycles. The van der Waals surface area contributed by atoms with Crippen molar-refractivity contribution in [1.29, 1.82) is 0 Å². The zero-order valence-electron chi connectivity index (χ0n) is 12.7. The van der Waals surface area contributed by atoms with Gasteiger partial charge in [0.1, 0.15) is 11.8 Å². The molecule has 0 bridgehead atoms. The van der Waals surface area contributed by atoms with Gasteiger partial charge in [-0.15, -0.1) is 0 Å². The van der Waals surface area contributed by atoms with Gasteiger partial charge in [-0.2, -0.15) is 0 Å². The van der Waals surface area contributed by atoms with Crippen molar-refractivity contribution in [3.63, 3.8) is 0 Å². The molecule has 0 unspecified atom stereocenters. The van der Waals surface area contributed by atoms with Crippen molar-refractivity contribution in [2.45, 2.75) is 6.04 Å². The summed E-state index contributed by atoms with van der Waals surface area (Å²) in [5.74, 6) is 6.71. The molecule has 1 saturated heterocycles. The molecule has 1 heterocycles. The van der Waals surface area contributed by atoms with Gasteiger partial charge in [-0.1, -0.05) is 41.6 Å². The van der Waals surface area contributed by atoms with E-state index in [0.29, 0.717) is 18.2 Å². The number of phenolic OH excluding ortho intramolecular Hbond substituents is 1. The molecule has 1 N–H and O–H groups in total. The Kier molecular flexibility index (Phi) is 5.19. The lowest BCUT2D eigenvalue weighted by atomic mass is 10.0. The number of hydrogen-bond acceptors (Lipinski definition) is 3. The molecule has 3 nitrogen and oxygen atoms in total. The van der Waals surface area contributed by atoms with Crippen molar-refractivity contribution in [2.24, 2.45) is 0 Å². The van der Waals surface area contributed by atoms with Crippen LogP contribution in [0.5, 0.6) is 5.75 Å². The molecule has 0 radical (unpaired) electrons. The van der Waals surface area contributed by atoms with E-state index in [1.54, 1.807) is 18.2 Å². The Bertz CT molecular complexity index is 715. The molecule has 23 heavy (non-hydrogen) atoms. The van der Waals surface area contributed by atoms with Gasteiger partial charge < -0.3 is 9.84 Å². The molecule has 1 fully saturated rings. The quantitative estimate of drug-likeness (QED) is 0.857. The van der Waals surface area contributed by atoms with Crippen molar-refractivity contribution in [2.75, 3.05) is 26.3 Å². The fourth-order valence-corrected chi connectivity index (χ4v) is 2.80. The summed E-state index contributed by atoms with van der Waals surface area (Å²) in [5.41, 5.74) is 1.69. The number of hydrogen-bond donors (Lipinski definition) is 1. The molecule has 3 rings (SSSR count). The summed E-state index contributed by atoms with van der Waals surface area (Å²) in [4.78, 5) is 2.21. The summed E-state index contributed by atoms with van der Waals surface area (Å²) < 4.78 is 5.42. The molecule has 0 spiro atoms. The second-order valence-corrected chi connectivity index (χ2v) is 5.83. The van der Waals surface area contributed by atoms with E-state index < -0.39 is 0 Å². The number of morpholine rings is 1. The minimum atomic E-state index is -0.210. The monoisotopic (exact) mass is 327 g/mol. The summed E-state index contributed by atoms with van der Waals surface area (Å²) in [5, 5.41) is 10.8. The lowest BCUT2D eigenvalue weighted by Gasteiger charge is -2.32. The zero-order valence-corrected chi connectivity index (χ0v) is 13.5. The topological polar surface area (TPSA) is 32.7 Å². The van der Waals surface area contributed by atoms with E-state index in [-0.39, 0.29) is 11.8 Å². The number of ether oxygens (including phenoxy) is 1. The second-order valence-electron chi connectivity index (χ2n) is 5.39. The first-order valence-corrected chi connectivity index (χ1v) is 7.98. The number of benzene rings is 2. The molecular formula is C19H18ClNO2. The summed E-state index contributed by atoms with van der Waals surface area (Å²) in [6, 6.07) is 14.7. The SMILES string of the molecule is Oc1ccc(Cl)cc1[C@H](C#Cc1ccccc1)N1CCOCC1. The van der Waals surface area contributed by atoms with Gasteiger partial charge in [0.25, 0.3) is 0 Å². The Morgan fingerprint density at radius 3 is 2.57 bits per heavy atom. The highest BCUT2D eigenvalue weighted by Gasteiger charge is 2.23. The maximum atomic E-state index is 10.2. The van der Waals surface area contributed by atoms with Crippen LogP contribution in [0.4, 0.5) is 0 Å². The predicted molar refractivity (Wildman–Crippen MR) is 91.6 cm³/mol. The zero-order chi connectivity index (χ0) is 16.1. The van der Waals surface area contributed by atoms with Gasteiger partial charge in [0.05, 0.1) is 13.2 Å². The van der Waals surface area contributed by atoms with Gasteiger partial charge in [-0.3, -0.25) is 4.90 Å². The van der Waals surface area contributed by atoms with Gasteiger partial charge in [0.2, 0.25) is 0 Å². The summed E-state index contributed by atoms with van der Waals surface area (Å²) in [6.45, 7) is 2.90. The molecule has 0 saturated carbocycles. The normalized spacial score (nSPS) is 16.4. The van der Waals surface area contributed by atoms with Crippen LogP contribution in [0.15, 0.2) is 48.5 Å². The summed E-state index contributed by atoms with van der Waals surface area (Å²) in [6.07, 6.45) is 0. The Hall–Kier alpha value is -1.99. The van der Waals surface area contributed by atoms with Crippen LogP contribution in [0, 0.1) is 11.8 Å². The van der Waals surface area contributed by atoms with Crippen LogP contribution in [0.2, 0.25) is 5.02 Å². The molecule has 1 aliphatic heterocycles. The molecule has 2 aromatic carbocycles. The Balaban J connectivity index is 1.96. The van der Waals surface area contributed by atoms with Crippen molar-refractivity contribution < 1.29 is 9.84 Å². The van der Waals surface area contributed by atoms with Crippen LogP contribution in [0.3, 0.4) is 0 Å². The number of rotatable bonds is 2. The highest BCUT2D eigenvalue weighted by Crippen LogP contribution is 2.31. The minimum absolute atomic E-state index is 0.210. The van der Waals surface area contributed by atoms with Gasteiger partial charge in [-0.25, -0.2) is 0 Å². The van der Waals surface area contributed by atoms with Crippen LogP contribution in [-0.2, 0) is 4.74 Å². The molecule has 1 atom stereocenters. The van der Waals surface area contributed by atoms with Crippen molar-refractivity contribution >= 4 is 11.6 Å². The molecule has 2 aromatic rings. The van der Waals surface area contributed by atoms with Gasteiger partial charge in [-0.05, 0) is 30.3 Å². The fraction of sp³-hybridized carbons (Fsp3) is 0.263. The maximum absolute atomic E-state index is 10.2. The smallest absolute Gasteiger partial charge is 0.121 e. The van der Waals surface area contributed by atoms with E-state index in [4.69, 9.17) is 16.3 Å². The lowest BCUT2D eigenvalue weighted by molar-refractivity contribution is 0.0266. The molecule has 118 valence electrons. The predicted octanol–water partition coefficient (Wildman–Crippen LogP) is 3.47. The van der Waals surface area contributed by atoms with Crippen molar-refractivity contribution in [3.05, 3.63) is 64.7 Å². The minimum Gasteiger partial charge on any atom is -0.508 e. The standard InChI is InChI=1S/C19H18ClNO2/c20-16-7-9-19(22)17(14-16)18(21-10-12-23-13-11-21)8-6-15-4-2-1-3-5-15/h1-5,7,9,14,18,22H,10-13H2/t18-/m0/s1. The molecule has 1 aliphatic rings. The van der Waals surface area contributed by atoms with E-state index in [1.165, 1.54) is 0 Å². The number of halogens is 1. The van der Waals surface area contributed by atoms with Crippen LogP contribution < -0.4 is 0 Å². The third-order valence-electron chi connectivity index (χ3n) is 3.82. The van der Waals surface area contributed by atoms with E-state index in [1.807, 2.05) is 30.3 Å². The lowest BCUT2D eigenvalue weighted by Crippen LogP contribution is -2.38. The number of aromatic hydroxyl groups is 1. The first-order valence-electron chi connectivity index (χ1n) is 7.61. The van der Waals surface area contributed by atoms with Gasteiger partial charge in [0, 0.05) is 29.2 Å². The van der Waals surface area contributed by atoms with E-state index in [0.717, 1.165) is 24.2 Å². The Labute approximate surface area is 141 Å². The molecule has 4 heteroatoms.